The van der Waals surface area contributed by atoms with Gasteiger partial charge in [-0.1, -0.05) is 6.07 Å². The number of fused-ring (bicyclic) bond motifs is 1. The summed E-state index contributed by atoms with van der Waals surface area (Å²) in [6.07, 6.45) is -0.118. The summed E-state index contributed by atoms with van der Waals surface area (Å²) in [5, 5.41) is 0. The van der Waals surface area contributed by atoms with E-state index >= 15 is 0 Å². The van der Waals surface area contributed by atoms with Gasteiger partial charge in [0.2, 0.25) is 0 Å². The Morgan fingerprint density at radius 2 is 2.17 bits per heavy atom. The summed E-state index contributed by atoms with van der Waals surface area (Å²) >= 11 is 0. The van der Waals surface area contributed by atoms with Crippen LogP contribution in [0, 0.1) is 0 Å². The monoisotopic (exact) mass is 165 g/mol. The van der Waals surface area contributed by atoms with Crippen molar-refractivity contribution in [3.63, 3.8) is 0 Å². The Labute approximate surface area is 71.8 Å². The Balaban J connectivity index is 2.36. The first-order chi connectivity index (χ1) is 5.68. The second kappa shape index (κ2) is 2.47. The van der Waals surface area contributed by atoms with Crippen LogP contribution < -0.4 is 4.90 Å². The molecule has 2 heteroatoms. The molecule has 1 aromatic rings. The zero-order valence-corrected chi connectivity index (χ0v) is 7.34. The fraction of sp³-hybridized carbons (Fsp3) is 0.400. The van der Waals surface area contributed by atoms with E-state index in [9.17, 15) is 4.39 Å². The summed E-state index contributed by atoms with van der Waals surface area (Å²) < 4.78 is 12.8. The topological polar surface area (TPSA) is 3.24 Å². The molecule has 1 nitrogen and oxygen atoms in total. The molecule has 1 aromatic carbocycles. The summed E-state index contributed by atoms with van der Waals surface area (Å²) in [6, 6.07) is 5.91. The molecule has 0 saturated carbocycles. The van der Waals surface area contributed by atoms with Gasteiger partial charge in [-0.05, 0) is 23.3 Å². The van der Waals surface area contributed by atoms with Gasteiger partial charge in [-0.25, -0.2) is 4.39 Å². The number of hydrogen-bond donors (Lipinski definition) is 0. The van der Waals surface area contributed by atoms with Gasteiger partial charge in [0.1, 0.15) is 6.17 Å². The molecular formula is C10H12FN. The van der Waals surface area contributed by atoms with Crippen LogP contribution in [-0.4, -0.2) is 14.1 Å². The Kier molecular flexibility index (Phi) is 1.56. The number of nitrogens with zero attached hydrogens (tertiary/aromatic N) is 1. The lowest BCUT2D eigenvalue weighted by atomic mass is 9.86. The molecule has 0 amide bonds. The molecule has 0 fully saturated rings. The molecule has 12 heavy (non-hydrogen) atoms. The fourth-order valence-electron chi connectivity index (χ4n) is 1.52. The highest BCUT2D eigenvalue weighted by Crippen LogP contribution is 2.37. The van der Waals surface area contributed by atoms with E-state index in [0.717, 1.165) is 16.8 Å². The van der Waals surface area contributed by atoms with Gasteiger partial charge in [-0.2, -0.15) is 0 Å². The Morgan fingerprint density at radius 1 is 1.42 bits per heavy atom. The average Bonchev–Trinajstić information content (AvgIpc) is 2.01. The molecule has 1 atom stereocenters. The van der Waals surface area contributed by atoms with Crippen molar-refractivity contribution in [2.75, 3.05) is 19.0 Å². The van der Waals surface area contributed by atoms with Crippen molar-refractivity contribution in [3.05, 3.63) is 29.3 Å². The van der Waals surface area contributed by atoms with Crippen molar-refractivity contribution in [3.8, 4) is 0 Å². The molecule has 0 bridgehead atoms. The summed E-state index contributed by atoms with van der Waals surface area (Å²) in [5.74, 6) is 0. The highest BCUT2D eigenvalue weighted by atomic mass is 19.1. The van der Waals surface area contributed by atoms with Crippen LogP contribution >= 0.6 is 0 Å². The van der Waals surface area contributed by atoms with Crippen molar-refractivity contribution in [2.24, 2.45) is 0 Å². The van der Waals surface area contributed by atoms with Gasteiger partial charge in [0, 0.05) is 26.2 Å². The van der Waals surface area contributed by atoms with E-state index in [1.165, 1.54) is 0 Å². The standard InChI is InChI=1S/C10H12FN/c1-12(2)8-3-4-9-7(5-8)6-10(9)11/h3-5,10H,6H2,1-2H3. The van der Waals surface area contributed by atoms with E-state index in [1.807, 2.05) is 31.1 Å². The molecule has 1 unspecified atom stereocenters. The molecule has 0 N–H and O–H groups in total. The van der Waals surface area contributed by atoms with Crippen LogP contribution in [0.2, 0.25) is 0 Å². The maximum Gasteiger partial charge on any atom is 0.129 e. The molecule has 1 aliphatic rings. The number of alkyl halides is 1. The van der Waals surface area contributed by atoms with E-state index in [4.69, 9.17) is 0 Å². The van der Waals surface area contributed by atoms with Crippen molar-refractivity contribution in [1.29, 1.82) is 0 Å². The third-order valence-electron chi connectivity index (χ3n) is 2.38. The SMILES string of the molecule is CN(C)c1ccc2c(c1)CC2F. The number of hydrogen-bond acceptors (Lipinski definition) is 1. The first-order valence-electron chi connectivity index (χ1n) is 4.12. The van der Waals surface area contributed by atoms with Gasteiger partial charge in [-0.15, -0.1) is 0 Å². The molecule has 0 radical (unpaired) electrons. The second-order valence-electron chi connectivity index (χ2n) is 3.45. The maximum absolute atomic E-state index is 12.8. The quantitative estimate of drug-likeness (QED) is 0.617. The molecule has 2 rings (SSSR count). The summed E-state index contributed by atoms with van der Waals surface area (Å²) in [5.41, 5.74) is 3.19. The summed E-state index contributed by atoms with van der Waals surface area (Å²) in [4.78, 5) is 2.03. The van der Waals surface area contributed by atoms with Gasteiger partial charge < -0.3 is 4.90 Å². The normalized spacial score (nSPS) is 19.8. The van der Waals surface area contributed by atoms with Crippen LogP contribution in [0.25, 0.3) is 0 Å². The van der Waals surface area contributed by atoms with Crippen LogP contribution in [-0.2, 0) is 6.42 Å². The van der Waals surface area contributed by atoms with Gasteiger partial charge in [-0.3, -0.25) is 0 Å². The van der Waals surface area contributed by atoms with Crippen molar-refractivity contribution < 1.29 is 4.39 Å². The molecule has 0 heterocycles. The fourth-order valence-corrected chi connectivity index (χ4v) is 1.52. The van der Waals surface area contributed by atoms with E-state index in [2.05, 4.69) is 6.07 Å². The largest absolute Gasteiger partial charge is 0.378 e. The molecule has 0 saturated heterocycles. The van der Waals surface area contributed by atoms with Crippen LogP contribution in [0.3, 0.4) is 0 Å². The van der Waals surface area contributed by atoms with Gasteiger partial charge in [0.05, 0.1) is 0 Å². The molecule has 0 aliphatic heterocycles. The van der Waals surface area contributed by atoms with Crippen LogP contribution in [0.5, 0.6) is 0 Å². The number of halogens is 1. The van der Waals surface area contributed by atoms with Crippen LogP contribution in [0.1, 0.15) is 17.3 Å². The van der Waals surface area contributed by atoms with E-state index in [1.54, 1.807) is 0 Å². The molecule has 0 aromatic heterocycles. The van der Waals surface area contributed by atoms with E-state index in [0.29, 0.717) is 6.42 Å². The minimum Gasteiger partial charge on any atom is -0.378 e. The maximum atomic E-state index is 12.8. The van der Waals surface area contributed by atoms with Gasteiger partial charge in [0.25, 0.3) is 0 Å². The van der Waals surface area contributed by atoms with Crippen LogP contribution in [0.4, 0.5) is 10.1 Å². The van der Waals surface area contributed by atoms with E-state index < -0.39 is 6.17 Å². The lowest BCUT2D eigenvalue weighted by Gasteiger charge is -2.25. The first kappa shape index (κ1) is 7.59. The van der Waals surface area contributed by atoms with Crippen molar-refractivity contribution in [1.82, 2.24) is 0 Å². The highest BCUT2D eigenvalue weighted by Gasteiger charge is 2.25. The zero-order chi connectivity index (χ0) is 8.72. The molecule has 64 valence electrons. The lowest BCUT2D eigenvalue weighted by Crippen LogP contribution is -2.15. The highest BCUT2D eigenvalue weighted by molar-refractivity contribution is 5.53. The zero-order valence-electron chi connectivity index (χ0n) is 7.34. The molecule has 0 spiro atoms. The number of anilines is 1. The van der Waals surface area contributed by atoms with Crippen LogP contribution in [0.15, 0.2) is 18.2 Å². The van der Waals surface area contributed by atoms with Gasteiger partial charge in [0.15, 0.2) is 0 Å². The van der Waals surface area contributed by atoms with Crippen molar-refractivity contribution >= 4 is 5.69 Å². The lowest BCUT2D eigenvalue weighted by molar-refractivity contribution is 0.306. The predicted molar refractivity (Wildman–Crippen MR) is 48.3 cm³/mol. The van der Waals surface area contributed by atoms with E-state index in [-0.39, 0.29) is 0 Å². The minimum atomic E-state index is -0.712. The Morgan fingerprint density at radius 3 is 2.67 bits per heavy atom. The average molecular weight is 165 g/mol. The third-order valence-corrected chi connectivity index (χ3v) is 2.38. The summed E-state index contributed by atoms with van der Waals surface area (Å²) in [7, 11) is 3.99. The second-order valence-corrected chi connectivity index (χ2v) is 3.45. The minimum absolute atomic E-state index is 0.594. The van der Waals surface area contributed by atoms with Gasteiger partial charge >= 0.3 is 0 Å². The Bertz CT molecular complexity index is 307. The summed E-state index contributed by atoms with van der Waals surface area (Å²) in [6.45, 7) is 0. The molecule has 1 aliphatic carbocycles. The number of rotatable bonds is 1. The third kappa shape index (κ3) is 0.986. The predicted octanol–water partition coefficient (Wildman–Crippen LogP) is 2.32. The van der Waals surface area contributed by atoms with Crippen molar-refractivity contribution in [2.45, 2.75) is 12.6 Å². The molecular weight excluding hydrogens is 153 g/mol. The Hall–Kier alpha value is -1.05. The number of benzene rings is 1. The smallest absolute Gasteiger partial charge is 0.129 e. The first-order valence-corrected chi connectivity index (χ1v) is 4.12.